The van der Waals surface area contributed by atoms with Gasteiger partial charge in [-0.05, 0) is 49.4 Å². The van der Waals surface area contributed by atoms with Gasteiger partial charge in [-0.15, -0.1) is 5.10 Å². The minimum Gasteiger partial charge on any atom is -0.379 e. The van der Waals surface area contributed by atoms with Crippen LogP contribution in [0.1, 0.15) is 99.1 Å². The molecule has 2 aromatic rings. The number of aromatic nitrogens is 3. The van der Waals surface area contributed by atoms with Crippen LogP contribution < -0.4 is 11.1 Å². The lowest BCUT2D eigenvalue weighted by Crippen LogP contribution is -2.62. The molecule has 2 aliphatic carbocycles. The third-order valence-corrected chi connectivity index (χ3v) is 12.0. The Kier molecular flexibility index (Phi) is 10.8. The summed E-state index contributed by atoms with van der Waals surface area (Å²) >= 11 is 0. The summed E-state index contributed by atoms with van der Waals surface area (Å²) in [6.07, 6.45) is 9.72. The van der Waals surface area contributed by atoms with E-state index in [1.165, 1.54) is 40.0 Å². The Morgan fingerprint density at radius 3 is 2.27 bits per heavy atom. The lowest BCUT2D eigenvalue weighted by atomic mass is 9.78. The molecule has 0 spiro atoms. The molecule has 4 N–H and O–H groups in total. The minimum atomic E-state index is -3.51. The number of primary amides is 1. The molecule has 280 valence electrons. The first-order valence-electron chi connectivity index (χ1n) is 17.8. The van der Waals surface area contributed by atoms with Gasteiger partial charge in [0, 0.05) is 24.8 Å². The van der Waals surface area contributed by atoms with Gasteiger partial charge in [0.15, 0.2) is 15.4 Å². The highest BCUT2D eigenvalue weighted by Gasteiger charge is 2.50. The van der Waals surface area contributed by atoms with E-state index >= 15 is 0 Å². The van der Waals surface area contributed by atoms with E-state index in [1.54, 1.807) is 0 Å². The van der Waals surface area contributed by atoms with Crippen LogP contribution in [0.15, 0.2) is 40.4 Å². The van der Waals surface area contributed by atoms with Crippen LogP contribution in [0.5, 0.6) is 0 Å². The fourth-order valence-corrected chi connectivity index (χ4v) is 8.55. The molecule has 2 atom stereocenters. The maximum Gasteiger partial charge on any atom is 0.287 e. The highest BCUT2D eigenvalue weighted by atomic mass is 32.2. The van der Waals surface area contributed by atoms with E-state index in [9.17, 15) is 37.5 Å². The number of nitrogens with one attached hydrogen (secondary N) is 1. The molecule has 2 saturated carbocycles. The number of aliphatic imine (C=N–C) groups is 1. The van der Waals surface area contributed by atoms with Gasteiger partial charge in [-0.1, -0.05) is 56.6 Å². The number of nitrogens with two attached hydrogens (primary N) is 1. The van der Waals surface area contributed by atoms with Crippen molar-refractivity contribution < 1.29 is 42.2 Å². The Morgan fingerprint density at radius 2 is 1.67 bits per heavy atom. The van der Waals surface area contributed by atoms with Gasteiger partial charge in [0.25, 0.3) is 17.7 Å². The summed E-state index contributed by atoms with van der Waals surface area (Å²) in [5.41, 5.74) is 2.96. The summed E-state index contributed by atoms with van der Waals surface area (Å²) < 4.78 is 30.7. The molecule has 0 radical (unpaired) electrons. The van der Waals surface area contributed by atoms with Crippen molar-refractivity contribution in [3.63, 3.8) is 0 Å². The Balaban J connectivity index is 1.36. The molecule has 6 rings (SSSR count). The number of benzene rings is 1. The van der Waals surface area contributed by atoms with Crippen molar-refractivity contribution in [2.75, 3.05) is 26.0 Å². The number of nitrogens with zero attached hydrogens (tertiary/aromatic N) is 5. The standard InChI is InChI=1S/C35H45N7O9S/c1-52(49,50)25-12-10-23(11-13-25)31(45)38-26(16-22-8-4-2-5-9-22)33(47)41-19-24(42-28(18-37-40-42)35(48)20-51-21-35)17-27(41)32(46)39-34(29(43)30(36)44)14-6-3-7-15-34/h10-13,18,22,24,27,48H,2-9,14-17,19-21H2,1H3,(H2,36,44)(H,39,46)/t24-,27-/m0/s1. The SMILES string of the molecule is CS(=O)(=O)c1ccc(C(=O)N=C(CC2CCCCC2)C(=O)N2C[C@@H](n3nncc3C3(O)COC3)C[C@H]2C(=O)NC2(C(=O)C(N)=O)CCCCC2)cc1. The quantitative estimate of drug-likeness (QED) is 0.219. The molecule has 4 fully saturated rings. The number of hydrogen-bond acceptors (Lipinski definition) is 11. The average Bonchev–Trinajstić information content (AvgIpc) is 3.79. The Morgan fingerprint density at radius 1 is 1.02 bits per heavy atom. The van der Waals surface area contributed by atoms with Crippen molar-refractivity contribution in [1.29, 1.82) is 0 Å². The number of ketones is 1. The highest BCUT2D eigenvalue weighted by Crippen LogP contribution is 2.36. The van der Waals surface area contributed by atoms with Crippen molar-refractivity contribution in [3.8, 4) is 0 Å². The van der Waals surface area contributed by atoms with Gasteiger partial charge in [-0.2, -0.15) is 0 Å². The Hall–Kier alpha value is -4.35. The molecule has 0 bridgehead atoms. The first kappa shape index (κ1) is 37.4. The van der Waals surface area contributed by atoms with E-state index in [-0.39, 0.29) is 67.5 Å². The van der Waals surface area contributed by atoms with Gasteiger partial charge in [0.2, 0.25) is 11.7 Å². The van der Waals surface area contributed by atoms with Crippen LogP contribution in [0.4, 0.5) is 0 Å². The molecule has 4 aliphatic rings. The second kappa shape index (κ2) is 14.9. The lowest BCUT2D eigenvalue weighted by molar-refractivity contribution is -0.189. The van der Waals surface area contributed by atoms with Crippen LogP contribution in [0.3, 0.4) is 0 Å². The summed E-state index contributed by atoms with van der Waals surface area (Å²) in [5, 5.41) is 22.1. The molecule has 3 heterocycles. The number of aliphatic hydroxyl groups is 1. The molecule has 1 aromatic carbocycles. The van der Waals surface area contributed by atoms with Gasteiger partial charge in [-0.3, -0.25) is 24.0 Å². The van der Waals surface area contributed by atoms with Crippen LogP contribution in [-0.2, 0) is 39.4 Å². The maximum absolute atomic E-state index is 14.7. The first-order valence-corrected chi connectivity index (χ1v) is 19.7. The summed E-state index contributed by atoms with van der Waals surface area (Å²) in [4.78, 5) is 73.5. The van der Waals surface area contributed by atoms with E-state index in [0.29, 0.717) is 18.5 Å². The fourth-order valence-electron chi connectivity index (χ4n) is 7.92. The summed E-state index contributed by atoms with van der Waals surface area (Å²) in [6, 6.07) is 3.46. The van der Waals surface area contributed by atoms with Crippen molar-refractivity contribution in [3.05, 3.63) is 41.7 Å². The molecule has 52 heavy (non-hydrogen) atoms. The fraction of sp³-hybridized carbons (Fsp3) is 0.600. The molecular weight excluding hydrogens is 694 g/mol. The van der Waals surface area contributed by atoms with Crippen LogP contribution >= 0.6 is 0 Å². The molecule has 17 heteroatoms. The normalized spacial score (nSPS) is 23.4. The topological polar surface area (TPSA) is 233 Å². The molecule has 4 amide bonds. The van der Waals surface area contributed by atoms with Crippen molar-refractivity contribution in [1.82, 2.24) is 25.2 Å². The minimum absolute atomic E-state index is 0.0167. The number of sulfone groups is 1. The lowest BCUT2D eigenvalue weighted by Gasteiger charge is -2.37. The molecule has 16 nitrogen and oxygen atoms in total. The van der Waals surface area contributed by atoms with Gasteiger partial charge in [0.05, 0.1) is 36.0 Å². The molecule has 1 aromatic heterocycles. The van der Waals surface area contributed by atoms with Crippen LogP contribution in [0.2, 0.25) is 0 Å². The number of hydrogen-bond donors (Lipinski definition) is 3. The number of Topliss-reactive ketones (excluding diaryl/α,β-unsaturated/α-hetero) is 1. The molecule has 2 saturated heterocycles. The number of likely N-dealkylation sites (tertiary alicyclic amines) is 1. The van der Waals surface area contributed by atoms with Crippen LogP contribution in [-0.4, -0.2) is 106 Å². The van der Waals surface area contributed by atoms with E-state index < -0.39 is 62.5 Å². The summed E-state index contributed by atoms with van der Waals surface area (Å²) in [7, 11) is -3.51. The van der Waals surface area contributed by atoms with Gasteiger partial charge in [0.1, 0.15) is 17.3 Å². The zero-order valence-electron chi connectivity index (χ0n) is 29.2. The van der Waals surface area contributed by atoms with E-state index in [0.717, 1.165) is 44.8 Å². The predicted molar refractivity (Wildman–Crippen MR) is 185 cm³/mol. The van der Waals surface area contributed by atoms with Gasteiger partial charge >= 0.3 is 0 Å². The second-order valence-corrected chi connectivity index (χ2v) is 16.7. The number of amides is 4. The number of rotatable bonds is 11. The zero-order valence-corrected chi connectivity index (χ0v) is 30.0. The molecular formula is C35H45N7O9S. The third kappa shape index (κ3) is 7.71. The number of carbonyl (C=O) groups is 5. The smallest absolute Gasteiger partial charge is 0.287 e. The van der Waals surface area contributed by atoms with E-state index in [2.05, 4.69) is 20.6 Å². The van der Waals surface area contributed by atoms with Crippen molar-refractivity contribution >= 4 is 45.0 Å². The van der Waals surface area contributed by atoms with E-state index in [4.69, 9.17) is 10.5 Å². The number of carbonyl (C=O) groups excluding carboxylic acids is 5. The summed E-state index contributed by atoms with van der Waals surface area (Å²) in [6.45, 7) is -0.0341. The van der Waals surface area contributed by atoms with Crippen molar-refractivity contribution in [2.45, 2.75) is 105 Å². The largest absolute Gasteiger partial charge is 0.379 e. The van der Waals surface area contributed by atoms with Gasteiger partial charge in [-0.25, -0.2) is 18.1 Å². The number of ether oxygens (including phenoxy) is 1. The zero-order chi connectivity index (χ0) is 37.3. The van der Waals surface area contributed by atoms with Gasteiger partial charge < -0.3 is 25.8 Å². The van der Waals surface area contributed by atoms with Crippen LogP contribution in [0.25, 0.3) is 0 Å². The first-order chi connectivity index (χ1) is 24.7. The van der Waals surface area contributed by atoms with Crippen molar-refractivity contribution in [2.24, 2.45) is 16.6 Å². The van der Waals surface area contributed by atoms with E-state index in [1.807, 2.05) is 0 Å². The van der Waals surface area contributed by atoms with Crippen LogP contribution in [0, 0.1) is 5.92 Å². The third-order valence-electron chi connectivity index (χ3n) is 10.9. The second-order valence-electron chi connectivity index (χ2n) is 14.6. The Bertz CT molecular complexity index is 1860. The Labute approximate surface area is 301 Å². The molecule has 2 aliphatic heterocycles. The maximum atomic E-state index is 14.7. The monoisotopic (exact) mass is 739 g/mol. The summed E-state index contributed by atoms with van der Waals surface area (Å²) in [5.74, 6) is -4.05. The highest BCUT2D eigenvalue weighted by molar-refractivity contribution is 7.90. The molecule has 0 unspecified atom stereocenters. The average molecular weight is 740 g/mol. The predicted octanol–water partition coefficient (Wildman–Crippen LogP) is 1.17.